The maximum atomic E-state index is 12.1. The van der Waals surface area contributed by atoms with Crippen molar-refractivity contribution < 1.29 is 22.1 Å². The van der Waals surface area contributed by atoms with Crippen molar-refractivity contribution in [3.8, 4) is 0 Å². The van der Waals surface area contributed by atoms with E-state index >= 15 is 0 Å². The van der Waals surface area contributed by atoms with Gasteiger partial charge >= 0.3 is 5.97 Å². The van der Waals surface area contributed by atoms with Crippen molar-refractivity contribution >= 4 is 16.1 Å². The van der Waals surface area contributed by atoms with Crippen molar-refractivity contribution in [1.82, 2.24) is 0 Å². The lowest BCUT2D eigenvalue weighted by atomic mass is 10.2. The largest absolute Gasteiger partial charge is 0.460 e. The van der Waals surface area contributed by atoms with Gasteiger partial charge in [-0.15, -0.1) is 0 Å². The minimum atomic E-state index is -3.86. The van der Waals surface area contributed by atoms with Crippen LogP contribution in [0.2, 0.25) is 0 Å². The second-order valence-corrected chi connectivity index (χ2v) is 6.19. The van der Waals surface area contributed by atoms with E-state index in [1.165, 1.54) is 12.1 Å². The van der Waals surface area contributed by atoms with E-state index in [4.69, 9.17) is 8.92 Å². The summed E-state index contributed by atoms with van der Waals surface area (Å²) in [5.41, 5.74) is 0.960. The molecule has 0 heterocycles. The van der Waals surface area contributed by atoms with E-state index < -0.39 is 22.3 Å². The lowest BCUT2D eigenvalue weighted by molar-refractivity contribution is -0.151. The van der Waals surface area contributed by atoms with Gasteiger partial charge in [0.05, 0.1) is 4.90 Å². The Kier molecular flexibility index (Phi) is 5.71. The fraction of sp³-hybridized carbons (Fsp3) is 0.500. The van der Waals surface area contributed by atoms with Gasteiger partial charge in [-0.3, -0.25) is 8.98 Å². The van der Waals surface area contributed by atoms with E-state index in [9.17, 15) is 13.2 Å². The zero-order valence-corrected chi connectivity index (χ0v) is 12.9. The lowest BCUT2D eigenvalue weighted by Gasteiger charge is -2.20. The summed E-state index contributed by atoms with van der Waals surface area (Å²) in [6.07, 6.45) is -1.15. The molecule has 6 heteroatoms. The molecule has 0 aromatic heterocycles. The maximum Gasteiger partial charge on any atom is 0.305 e. The molecular formula is C14H20O5S. The first kappa shape index (κ1) is 16.7. The van der Waals surface area contributed by atoms with Crippen LogP contribution in [0.1, 0.15) is 32.8 Å². The number of carbonyl (C=O) groups excluding carboxylic acids is 1. The van der Waals surface area contributed by atoms with Crippen LogP contribution in [0.25, 0.3) is 0 Å². The molecule has 20 heavy (non-hydrogen) atoms. The van der Waals surface area contributed by atoms with Gasteiger partial charge in [0.25, 0.3) is 10.1 Å². The average molecular weight is 300 g/mol. The summed E-state index contributed by atoms with van der Waals surface area (Å²) in [7, 11) is -3.86. The van der Waals surface area contributed by atoms with Crippen molar-refractivity contribution in [2.24, 2.45) is 0 Å². The van der Waals surface area contributed by atoms with E-state index in [-0.39, 0.29) is 17.3 Å². The van der Waals surface area contributed by atoms with Crippen molar-refractivity contribution in [2.45, 2.75) is 51.2 Å². The summed E-state index contributed by atoms with van der Waals surface area (Å²) < 4.78 is 34.2. The average Bonchev–Trinajstić information content (AvgIpc) is 2.38. The highest BCUT2D eigenvalue weighted by Crippen LogP contribution is 2.17. The van der Waals surface area contributed by atoms with Crippen molar-refractivity contribution in [2.75, 3.05) is 0 Å². The van der Waals surface area contributed by atoms with E-state index in [0.29, 0.717) is 0 Å². The molecule has 0 spiro atoms. The minimum Gasteiger partial charge on any atom is -0.460 e. The van der Waals surface area contributed by atoms with Gasteiger partial charge in [-0.2, -0.15) is 8.42 Å². The summed E-state index contributed by atoms with van der Waals surface area (Å²) >= 11 is 0. The highest BCUT2D eigenvalue weighted by Gasteiger charge is 2.24. The third-order valence-electron chi connectivity index (χ3n) is 2.86. The molecule has 0 saturated carbocycles. The molecule has 0 N–H and O–H groups in total. The third kappa shape index (κ3) is 4.61. The third-order valence-corrected chi connectivity index (χ3v) is 4.26. The Hall–Kier alpha value is -1.40. The molecule has 0 fully saturated rings. The quantitative estimate of drug-likeness (QED) is 0.596. The summed E-state index contributed by atoms with van der Waals surface area (Å²) in [6.45, 7) is 6.69. The summed E-state index contributed by atoms with van der Waals surface area (Å²) in [5, 5.41) is 0. The number of carbonyl (C=O) groups is 1. The Morgan fingerprint density at radius 3 is 2.20 bits per heavy atom. The molecule has 0 bridgehead atoms. The molecule has 1 aromatic carbocycles. The molecule has 0 aliphatic heterocycles. The Bertz CT molecular complexity index is 547. The SMILES string of the molecule is CCC(=O)O[C@@H](C)[C@@H](C)OS(=O)(=O)c1ccc(C)cc1. The molecule has 2 atom stereocenters. The van der Waals surface area contributed by atoms with Gasteiger partial charge in [-0.05, 0) is 32.9 Å². The van der Waals surface area contributed by atoms with Gasteiger partial charge in [-0.25, -0.2) is 0 Å². The number of aryl methyl sites for hydroxylation is 1. The lowest BCUT2D eigenvalue weighted by Crippen LogP contribution is -2.30. The Morgan fingerprint density at radius 1 is 1.15 bits per heavy atom. The van der Waals surface area contributed by atoms with E-state index in [1.807, 2.05) is 6.92 Å². The molecule has 112 valence electrons. The first-order valence-corrected chi connectivity index (χ1v) is 7.86. The van der Waals surface area contributed by atoms with Gasteiger partial charge < -0.3 is 4.74 Å². The summed E-state index contributed by atoms with van der Waals surface area (Å²) in [4.78, 5) is 11.3. The molecule has 0 amide bonds. The second kappa shape index (κ2) is 6.85. The van der Waals surface area contributed by atoms with Crippen LogP contribution in [0.15, 0.2) is 29.2 Å². The van der Waals surface area contributed by atoms with Gasteiger partial charge in [0.1, 0.15) is 12.2 Å². The molecule has 0 aliphatic rings. The number of rotatable bonds is 6. The van der Waals surface area contributed by atoms with Crippen LogP contribution in [0.3, 0.4) is 0 Å². The molecule has 0 aliphatic carbocycles. The first-order valence-electron chi connectivity index (χ1n) is 6.45. The van der Waals surface area contributed by atoms with Gasteiger partial charge in [0.2, 0.25) is 0 Å². The molecule has 1 aromatic rings. The molecule has 0 unspecified atom stereocenters. The highest BCUT2D eigenvalue weighted by molar-refractivity contribution is 7.86. The van der Waals surface area contributed by atoms with E-state index in [0.717, 1.165) is 5.56 Å². The Balaban J connectivity index is 2.75. The number of hydrogen-bond donors (Lipinski definition) is 0. The zero-order chi connectivity index (χ0) is 15.3. The van der Waals surface area contributed by atoms with Crippen molar-refractivity contribution in [3.63, 3.8) is 0 Å². The number of hydrogen-bond acceptors (Lipinski definition) is 5. The molecule has 0 saturated heterocycles. The first-order chi connectivity index (χ1) is 9.26. The standard InChI is InChI=1S/C14H20O5S/c1-5-14(15)18-11(3)12(4)19-20(16,17)13-8-6-10(2)7-9-13/h6-9,11-12H,5H2,1-4H3/t11-,12+/m0/s1. The fourth-order valence-electron chi connectivity index (χ4n) is 1.43. The van der Waals surface area contributed by atoms with Crippen LogP contribution in [-0.4, -0.2) is 26.6 Å². The van der Waals surface area contributed by atoms with Crippen LogP contribution in [0.4, 0.5) is 0 Å². The van der Waals surface area contributed by atoms with E-state index in [2.05, 4.69) is 0 Å². The van der Waals surface area contributed by atoms with Gasteiger partial charge in [0.15, 0.2) is 0 Å². The highest BCUT2D eigenvalue weighted by atomic mass is 32.2. The number of esters is 1. The number of ether oxygens (including phenoxy) is 1. The van der Waals surface area contributed by atoms with Crippen LogP contribution in [0, 0.1) is 6.92 Å². The predicted molar refractivity (Wildman–Crippen MR) is 74.8 cm³/mol. The molecule has 5 nitrogen and oxygen atoms in total. The normalized spacial score (nSPS) is 14.6. The van der Waals surface area contributed by atoms with Crippen LogP contribution >= 0.6 is 0 Å². The zero-order valence-electron chi connectivity index (χ0n) is 12.1. The molecule has 1 rings (SSSR count). The molecular weight excluding hydrogens is 280 g/mol. The maximum absolute atomic E-state index is 12.1. The van der Waals surface area contributed by atoms with Gasteiger partial charge in [-0.1, -0.05) is 24.6 Å². The Labute approximate surface area is 120 Å². The fourth-order valence-corrected chi connectivity index (χ4v) is 2.56. The number of benzene rings is 1. The van der Waals surface area contributed by atoms with Crippen molar-refractivity contribution in [3.05, 3.63) is 29.8 Å². The van der Waals surface area contributed by atoms with Crippen molar-refractivity contribution in [1.29, 1.82) is 0 Å². The van der Waals surface area contributed by atoms with Gasteiger partial charge in [0, 0.05) is 6.42 Å². The smallest absolute Gasteiger partial charge is 0.305 e. The van der Waals surface area contributed by atoms with Crippen LogP contribution < -0.4 is 0 Å². The van der Waals surface area contributed by atoms with E-state index in [1.54, 1.807) is 32.9 Å². The topological polar surface area (TPSA) is 69.7 Å². The van der Waals surface area contributed by atoms with Crippen LogP contribution in [-0.2, 0) is 23.8 Å². The summed E-state index contributed by atoms with van der Waals surface area (Å²) in [5.74, 6) is -0.388. The van der Waals surface area contributed by atoms with Crippen LogP contribution in [0.5, 0.6) is 0 Å². The monoisotopic (exact) mass is 300 g/mol. The minimum absolute atomic E-state index is 0.0870. The molecule has 0 radical (unpaired) electrons. The Morgan fingerprint density at radius 2 is 1.70 bits per heavy atom. The second-order valence-electron chi connectivity index (χ2n) is 4.62. The summed E-state index contributed by atoms with van der Waals surface area (Å²) in [6, 6.07) is 6.36. The predicted octanol–water partition coefficient (Wildman–Crippen LogP) is 2.43.